The summed E-state index contributed by atoms with van der Waals surface area (Å²) in [5, 5.41) is 8.87. The number of nitrogens with zero attached hydrogens (tertiary/aromatic N) is 2. The number of aromatic carboxylic acids is 1. The lowest BCUT2D eigenvalue weighted by atomic mass is 10.1. The van der Waals surface area contributed by atoms with Crippen LogP contribution in [0.5, 0.6) is 0 Å². The van der Waals surface area contributed by atoms with Crippen molar-refractivity contribution >= 4 is 5.97 Å². The first-order valence-electron chi connectivity index (χ1n) is 5.06. The molecule has 0 fully saturated rings. The van der Waals surface area contributed by atoms with Crippen molar-refractivity contribution in [1.29, 1.82) is 0 Å². The molecule has 0 unspecified atom stereocenters. The van der Waals surface area contributed by atoms with Gasteiger partial charge in [-0.05, 0) is 12.0 Å². The van der Waals surface area contributed by atoms with Crippen LogP contribution >= 0.6 is 0 Å². The van der Waals surface area contributed by atoms with E-state index in [0.717, 1.165) is 6.42 Å². The highest BCUT2D eigenvalue weighted by Gasteiger charge is 2.09. The summed E-state index contributed by atoms with van der Waals surface area (Å²) in [6.07, 6.45) is 4.00. The lowest BCUT2D eigenvalue weighted by Gasteiger charge is -2.04. The predicted molar refractivity (Wildman–Crippen MR) is 59.3 cm³/mol. The zero-order valence-electron chi connectivity index (χ0n) is 8.71. The second-order valence-corrected chi connectivity index (χ2v) is 3.48. The summed E-state index contributed by atoms with van der Waals surface area (Å²) in [6.45, 7) is 0.631. The van der Waals surface area contributed by atoms with Crippen LogP contribution < -0.4 is 0 Å². The molecular formula is C12H12N2O2. The van der Waals surface area contributed by atoms with Crippen molar-refractivity contribution in [3.8, 4) is 0 Å². The molecule has 0 aliphatic heterocycles. The average molecular weight is 216 g/mol. The molecule has 0 radical (unpaired) electrons. The Balaban J connectivity index is 2.05. The number of carboxylic acid groups (broad SMARTS) is 1. The molecule has 0 bridgehead atoms. The molecule has 2 rings (SSSR count). The van der Waals surface area contributed by atoms with Gasteiger partial charge in [0.2, 0.25) is 5.82 Å². The molecule has 1 N–H and O–H groups in total. The number of aryl methyl sites for hydroxylation is 2. The Labute approximate surface area is 93.2 Å². The minimum absolute atomic E-state index is 0.0935. The fraction of sp³-hybridized carbons (Fsp3) is 0.167. The van der Waals surface area contributed by atoms with Gasteiger partial charge in [0.15, 0.2) is 0 Å². The van der Waals surface area contributed by atoms with Crippen molar-refractivity contribution in [2.75, 3.05) is 0 Å². The predicted octanol–water partition coefficient (Wildman–Crippen LogP) is 1.82. The molecule has 0 saturated heterocycles. The average Bonchev–Trinajstić information content (AvgIpc) is 2.76. The molecule has 0 atom stereocenters. The Bertz CT molecular complexity index is 477. The van der Waals surface area contributed by atoms with Gasteiger partial charge in [-0.15, -0.1) is 0 Å². The highest BCUT2D eigenvalue weighted by Crippen LogP contribution is 2.04. The molecule has 0 spiro atoms. The van der Waals surface area contributed by atoms with E-state index < -0.39 is 5.97 Å². The van der Waals surface area contributed by atoms with Gasteiger partial charge >= 0.3 is 5.97 Å². The molecule has 1 aromatic carbocycles. The highest BCUT2D eigenvalue weighted by molar-refractivity contribution is 5.83. The van der Waals surface area contributed by atoms with Crippen LogP contribution in [0.25, 0.3) is 0 Å². The van der Waals surface area contributed by atoms with Crippen LogP contribution in [0, 0.1) is 0 Å². The number of imidazole rings is 1. The summed E-state index contributed by atoms with van der Waals surface area (Å²) in [6, 6.07) is 9.96. The number of rotatable bonds is 4. The van der Waals surface area contributed by atoms with E-state index in [1.807, 2.05) is 30.3 Å². The quantitative estimate of drug-likeness (QED) is 0.848. The second-order valence-electron chi connectivity index (χ2n) is 3.48. The normalized spacial score (nSPS) is 10.2. The Hall–Kier alpha value is -2.10. The van der Waals surface area contributed by atoms with Crippen molar-refractivity contribution in [3.63, 3.8) is 0 Å². The zero-order valence-corrected chi connectivity index (χ0v) is 8.71. The smallest absolute Gasteiger partial charge is 0.372 e. The van der Waals surface area contributed by atoms with E-state index in [1.165, 1.54) is 11.8 Å². The first-order chi connectivity index (χ1) is 7.77. The van der Waals surface area contributed by atoms with Crippen molar-refractivity contribution in [2.45, 2.75) is 13.0 Å². The van der Waals surface area contributed by atoms with Crippen LogP contribution in [0.2, 0.25) is 0 Å². The van der Waals surface area contributed by atoms with Gasteiger partial charge in [0, 0.05) is 18.9 Å². The van der Waals surface area contributed by atoms with E-state index in [9.17, 15) is 4.79 Å². The first-order valence-corrected chi connectivity index (χ1v) is 5.06. The minimum atomic E-state index is -0.988. The number of aromatic nitrogens is 2. The molecule has 2 aromatic rings. The third-order valence-electron chi connectivity index (χ3n) is 2.39. The van der Waals surface area contributed by atoms with Crippen LogP contribution in [-0.4, -0.2) is 20.6 Å². The van der Waals surface area contributed by atoms with E-state index in [2.05, 4.69) is 4.98 Å². The third-order valence-corrected chi connectivity index (χ3v) is 2.39. The van der Waals surface area contributed by atoms with Gasteiger partial charge in [-0.3, -0.25) is 0 Å². The molecule has 0 saturated carbocycles. The Kier molecular flexibility index (Phi) is 3.00. The van der Waals surface area contributed by atoms with Gasteiger partial charge in [-0.1, -0.05) is 30.3 Å². The summed E-state index contributed by atoms with van der Waals surface area (Å²) in [7, 11) is 0. The Morgan fingerprint density at radius 1 is 1.31 bits per heavy atom. The van der Waals surface area contributed by atoms with Crippen LogP contribution in [0.15, 0.2) is 42.7 Å². The number of carboxylic acids is 1. The van der Waals surface area contributed by atoms with Crippen molar-refractivity contribution in [2.24, 2.45) is 0 Å². The minimum Gasteiger partial charge on any atom is -0.475 e. The number of carbonyl (C=O) groups is 1. The van der Waals surface area contributed by atoms with Crippen LogP contribution in [0.3, 0.4) is 0 Å². The SMILES string of the molecule is O=C(O)c1nccn1CCc1ccccc1. The molecule has 0 amide bonds. The van der Waals surface area contributed by atoms with Crippen LogP contribution in [0.4, 0.5) is 0 Å². The van der Waals surface area contributed by atoms with E-state index >= 15 is 0 Å². The van der Waals surface area contributed by atoms with E-state index in [0.29, 0.717) is 6.54 Å². The molecule has 1 heterocycles. The molecule has 4 nitrogen and oxygen atoms in total. The second kappa shape index (κ2) is 4.61. The standard InChI is InChI=1S/C12H12N2O2/c15-12(16)11-13-7-9-14(11)8-6-10-4-2-1-3-5-10/h1-5,7,9H,6,8H2,(H,15,16). The molecule has 1 aromatic heterocycles. The van der Waals surface area contributed by atoms with Gasteiger partial charge in [0.1, 0.15) is 0 Å². The van der Waals surface area contributed by atoms with Crippen molar-refractivity contribution < 1.29 is 9.90 Å². The highest BCUT2D eigenvalue weighted by atomic mass is 16.4. The van der Waals surface area contributed by atoms with Crippen LogP contribution in [0.1, 0.15) is 16.2 Å². The maximum absolute atomic E-state index is 10.8. The Morgan fingerprint density at radius 2 is 2.06 bits per heavy atom. The van der Waals surface area contributed by atoms with Gasteiger partial charge in [-0.25, -0.2) is 9.78 Å². The van der Waals surface area contributed by atoms with E-state index in [-0.39, 0.29) is 5.82 Å². The largest absolute Gasteiger partial charge is 0.475 e. The van der Waals surface area contributed by atoms with Crippen molar-refractivity contribution in [3.05, 3.63) is 54.1 Å². The topological polar surface area (TPSA) is 55.1 Å². The fourth-order valence-electron chi connectivity index (χ4n) is 1.58. The maximum atomic E-state index is 10.8. The van der Waals surface area contributed by atoms with Gasteiger partial charge < -0.3 is 9.67 Å². The lowest BCUT2D eigenvalue weighted by molar-refractivity contribution is 0.0678. The first kappa shape index (κ1) is 10.4. The van der Waals surface area contributed by atoms with E-state index in [4.69, 9.17) is 5.11 Å². The molecular weight excluding hydrogens is 204 g/mol. The summed E-state index contributed by atoms with van der Waals surface area (Å²) in [5.74, 6) is -0.894. The molecule has 16 heavy (non-hydrogen) atoms. The summed E-state index contributed by atoms with van der Waals surface area (Å²) in [5.41, 5.74) is 1.19. The summed E-state index contributed by atoms with van der Waals surface area (Å²) in [4.78, 5) is 14.6. The zero-order chi connectivity index (χ0) is 11.4. The fourth-order valence-corrected chi connectivity index (χ4v) is 1.58. The van der Waals surface area contributed by atoms with Crippen LogP contribution in [-0.2, 0) is 13.0 Å². The third kappa shape index (κ3) is 2.28. The number of hydrogen-bond donors (Lipinski definition) is 1. The van der Waals surface area contributed by atoms with Gasteiger partial charge in [0.05, 0.1) is 0 Å². The maximum Gasteiger partial charge on any atom is 0.372 e. The summed E-state index contributed by atoms with van der Waals surface area (Å²) >= 11 is 0. The molecule has 4 heteroatoms. The molecule has 0 aliphatic carbocycles. The lowest BCUT2D eigenvalue weighted by Crippen LogP contribution is -2.10. The van der Waals surface area contributed by atoms with Crippen molar-refractivity contribution in [1.82, 2.24) is 9.55 Å². The number of benzene rings is 1. The van der Waals surface area contributed by atoms with E-state index in [1.54, 1.807) is 10.8 Å². The van der Waals surface area contributed by atoms with Gasteiger partial charge in [0.25, 0.3) is 0 Å². The summed E-state index contributed by atoms with van der Waals surface area (Å²) < 4.78 is 1.65. The monoisotopic (exact) mass is 216 g/mol. The number of hydrogen-bond acceptors (Lipinski definition) is 2. The van der Waals surface area contributed by atoms with Gasteiger partial charge in [-0.2, -0.15) is 0 Å². The Morgan fingerprint density at radius 3 is 2.75 bits per heavy atom. The molecule has 0 aliphatic rings. The molecule has 82 valence electrons.